The molecule has 6 rings (SSSR count). The molecule has 2 aliphatic heterocycles. The van der Waals surface area contributed by atoms with E-state index in [1.165, 1.54) is 0 Å². The Morgan fingerprint density at radius 3 is 2.29 bits per heavy atom. The van der Waals surface area contributed by atoms with E-state index in [0.717, 1.165) is 34.4 Å². The van der Waals surface area contributed by atoms with Crippen molar-refractivity contribution in [2.75, 3.05) is 29.5 Å². The Hall–Kier alpha value is -4.25. The maximum Gasteiger partial charge on any atom is 0.421 e. The van der Waals surface area contributed by atoms with Gasteiger partial charge in [-0.2, -0.15) is 0 Å². The summed E-state index contributed by atoms with van der Waals surface area (Å²) >= 11 is 0. The highest BCUT2D eigenvalue weighted by molar-refractivity contribution is 6.15. The molecule has 1 saturated heterocycles. The average molecular weight is 670 g/mol. The van der Waals surface area contributed by atoms with Gasteiger partial charge in [0.25, 0.3) is 5.91 Å². The number of rotatable bonds is 7. The third-order valence-corrected chi connectivity index (χ3v) is 8.94. The van der Waals surface area contributed by atoms with Crippen LogP contribution in [0.1, 0.15) is 72.3 Å². The van der Waals surface area contributed by atoms with Crippen molar-refractivity contribution in [3.05, 3.63) is 78.4 Å². The summed E-state index contributed by atoms with van der Waals surface area (Å²) in [5.74, 6) is -0.917. The largest absolute Gasteiger partial charge is 0.482 e. The number of carbonyl (C=O) groups is 3. The number of aliphatic hydroxyl groups excluding tert-OH is 1. The number of hydrogen-bond acceptors (Lipinski definition) is 8. The second-order valence-corrected chi connectivity index (χ2v) is 15.1. The van der Waals surface area contributed by atoms with Gasteiger partial charge in [0.1, 0.15) is 11.4 Å². The van der Waals surface area contributed by atoms with Crippen LogP contribution in [0.3, 0.4) is 0 Å². The molecule has 1 aliphatic carbocycles. The van der Waals surface area contributed by atoms with Crippen LogP contribution in [0.5, 0.6) is 5.75 Å². The molecule has 3 aromatic rings. The van der Waals surface area contributed by atoms with Gasteiger partial charge in [-0.3, -0.25) is 14.5 Å². The van der Waals surface area contributed by atoms with Crippen LogP contribution in [0, 0.1) is 5.92 Å². The van der Waals surface area contributed by atoms with Gasteiger partial charge in [0.05, 0.1) is 17.2 Å². The van der Waals surface area contributed by atoms with E-state index in [9.17, 15) is 19.5 Å². The van der Waals surface area contributed by atoms with Gasteiger partial charge in [-0.05, 0) is 102 Å². The Morgan fingerprint density at radius 1 is 0.898 bits per heavy atom. The molecule has 0 aromatic heterocycles. The smallest absolute Gasteiger partial charge is 0.421 e. The fraction of sp³-hybridized carbons (Fsp3) is 0.462. The SMILES string of the molecule is CC(C)(C)OC(=O)N1C(=O)COc2ccc(N(C(=O)C3CN(C(O)OC(C)(C)C)CC[C@@H]3c3cccc(-c4ccccc4)c3)C3CC3)cc21. The molecule has 2 heterocycles. The van der Waals surface area contributed by atoms with Gasteiger partial charge >= 0.3 is 6.09 Å². The van der Waals surface area contributed by atoms with Crippen molar-refractivity contribution in [1.29, 1.82) is 0 Å². The van der Waals surface area contributed by atoms with E-state index in [1.54, 1.807) is 39.0 Å². The average Bonchev–Trinajstić information content (AvgIpc) is 3.88. The number of ether oxygens (including phenoxy) is 3. The number of piperidine rings is 1. The number of anilines is 2. The van der Waals surface area contributed by atoms with Crippen molar-refractivity contribution in [3.8, 4) is 16.9 Å². The number of benzene rings is 3. The van der Waals surface area contributed by atoms with E-state index in [2.05, 4.69) is 30.3 Å². The number of carbonyl (C=O) groups excluding carboxylic acids is 3. The van der Waals surface area contributed by atoms with E-state index >= 15 is 0 Å². The molecule has 0 bridgehead atoms. The Kier molecular flexibility index (Phi) is 9.59. The first-order valence-corrected chi connectivity index (χ1v) is 17.1. The van der Waals surface area contributed by atoms with E-state index in [1.807, 2.05) is 54.8 Å². The standard InChI is InChI=1S/C39H47N3O7/c1-38(2,3)48-36(45)40-20-19-30(27-14-10-13-26(21-27)25-11-8-7-9-12-25)31(23-40)35(44)41(28-15-16-28)29-17-18-33-32(22-29)42(34(43)24-47-33)37(46)49-39(4,5)6/h7-14,17-18,21-22,28,30-31,36,45H,15-16,19-20,23-24H2,1-6H3/t30-,31?,36?/m1/s1. The normalized spacial score (nSPS) is 20.6. The molecule has 3 aliphatic rings. The van der Waals surface area contributed by atoms with E-state index in [-0.39, 0.29) is 36.7 Å². The first-order valence-electron chi connectivity index (χ1n) is 17.1. The van der Waals surface area contributed by atoms with Crippen molar-refractivity contribution >= 4 is 29.3 Å². The zero-order valence-electron chi connectivity index (χ0n) is 29.2. The van der Waals surface area contributed by atoms with Crippen molar-refractivity contribution in [2.24, 2.45) is 5.92 Å². The molecule has 1 N–H and O–H groups in total. The summed E-state index contributed by atoms with van der Waals surface area (Å²) in [7, 11) is 0. The zero-order chi connectivity index (χ0) is 35.1. The number of fused-ring (bicyclic) bond motifs is 1. The molecule has 10 nitrogen and oxygen atoms in total. The van der Waals surface area contributed by atoms with Crippen LogP contribution in [0.25, 0.3) is 11.1 Å². The lowest BCUT2D eigenvalue weighted by molar-refractivity contribution is -0.245. The minimum Gasteiger partial charge on any atom is -0.482 e. The Labute approximate surface area is 288 Å². The van der Waals surface area contributed by atoms with Gasteiger partial charge in [0.2, 0.25) is 12.3 Å². The Balaban J connectivity index is 1.36. The molecule has 0 spiro atoms. The molecule has 3 aromatic carbocycles. The first-order chi connectivity index (χ1) is 23.2. The number of imide groups is 1. The third-order valence-electron chi connectivity index (χ3n) is 8.94. The fourth-order valence-electron chi connectivity index (χ4n) is 6.63. The maximum absolute atomic E-state index is 15.0. The Morgan fingerprint density at radius 2 is 1.61 bits per heavy atom. The lowest BCUT2D eigenvalue weighted by atomic mass is 9.78. The van der Waals surface area contributed by atoms with Gasteiger partial charge < -0.3 is 24.2 Å². The van der Waals surface area contributed by atoms with Crippen LogP contribution in [-0.4, -0.2) is 71.3 Å². The summed E-state index contributed by atoms with van der Waals surface area (Å²) in [6, 6.07) is 23.7. The quantitative estimate of drug-likeness (QED) is 0.277. The number of amides is 3. The molecule has 260 valence electrons. The third kappa shape index (κ3) is 7.98. The van der Waals surface area contributed by atoms with Crippen LogP contribution >= 0.6 is 0 Å². The van der Waals surface area contributed by atoms with Gasteiger partial charge in [0.15, 0.2) is 6.61 Å². The summed E-state index contributed by atoms with van der Waals surface area (Å²) in [5, 5.41) is 11.1. The highest BCUT2D eigenvalue weighted by Crippen LogP contribution is 2.43. The van der Waals surface area contributed by atoms with Gasteiger partial charge in [0, 0.05) is 24.8 Å². The fourth-order valence-corrected chi connectivity index (χ4v) is 6.63. The molecule has 10 heteroatoms. The highest BCUT2D eigenvalue weighted by atomic mass is 16.6. The monoisotopic (exact) mass is 669 g/mol. The summed E-state index contributed by atoms with van der Waals surface area (Å²) in [6.07, 6.45) is 0.326. The molecular formula is C39H47N3O7. The van der Waals surface area contributed by atoms with Crippen LogP contribution in [0.15, 0.2) is 72.8 Å². The zero-order valence-corrected chi connectivity index (χ0v) is 29.2. The van der Waals surface area contributed by atoms with Crippen molar-refractivity contribution in [2.45, 2.75) is 90.4 Å². The molecule has 2 unspecified atom stereocenters. The lowest BCUT2D eigenvalue weighted by Gasteiger charge is -2.43. The van der Waals surface area contributed by atoms with E-state index in [0.29, 0.717) is 24.4 Å². The van der Waals surface area contributed by atoms with Gasteiger partial charge in [-0.15, -0.1) is 0 Å². The predicted molar refractivity (Wildman–Crippen MR) is 187 cm³/mol. The van der Waals surface area contributed by atoms with Crippen LogP contribution in [0.4, 0.5) is 16.2 Å². The van der Waals surface area contributed by atoms with Crippen molar-refractivity contribution in [3.63, 3.8) is 0 Å². The first kappa shape index (κ1) is 34.6. The summed E-state index contributed by atoms with van der Waals surface area (Å²) in [5.41, 5.74) is 2.64. The predicted octanol–water partition coefficient (Wildman–Crippen LogP) is 6.71. The molecule has 2 fully saturated rings. The molecule has 0 radical (unpaired) electrons. The maximum atomic E-state index is 15.0. The summed E-state index contributed by atoms with van der Waals surface area (Å²) < 4.78 is 17.2. The highest BCUT2D eigenvalue weighted by Gasteiger charge is 2.45. The molecule has 1 saturated carbocycles. The van der Waals surface area contributed by atoms with Crippen LogP contribution in [0.2, 0.25) is 0 Å². The van der Waals surface area contributed by atoms with Crippen molar-refractivity contribution in [1.82, 2.24) is 4.90 Å². The van der Waals surface area contributed by atoms with Crippen LogP contribution < -0.4 is 14.5 Å². The Bertz CT molecular complexity index is 1690. The van der Waals surface area contributed by atoms with E-state index < -0.39 is 35.5 Å². The minimum atomic E-state index is -1.17. The molecule has 3 amide bonds. The lowest BCUT2D eigenvalue weighted by Crippen LogP contribution is -2.53. The number of nitrogens with zero attached hydrogens (tertiary/aromatic N) is 3. The van der Waals surface area contributed by atoms with Gasteiger partial charge in [-0.25, -0.2) is 9.69 Å². The minimum absolute atomic E-state index is 0.0387. The second-order valence-electron chi connectivity index (χ2n) is 15.1. The van der Waals surface area contributed by atoms with E-state index in [4.69, 9.17) is 14.2 Å². The topological polar surface area (TPSA) is 109 Å². The number of likely N-dealkylation sites (tertiary alicyclic amines) is 1. The summed E-state index contributed by atoms with van der Waals surface area (Å²) in [4.78, 5) is 45.9. The molecule has 49 heavy (non-hydrogen) atoms. The molecule has 3 atom stereocenters. The second kappa shape index (κ2) is 13.6. The van der Waals surface area contributed by atoms with Gasteiger partial charge in [-0.1, -0.05) is 54.6 Å². The number of aliphatic hydroxyl groups is 1. The number of hydrogen-bond donors (Lipinski definition) is 1. The summed E-state index contributed by atoms with van der Waals surface area (Å²) in [6.45, 7) is 11.4. The van der Waals surface area contributed by atoms with Crippen molar-refractivity contribution < 1.29 is 33.7 Å². The van der Waals surface area contributed by atoms with Crippen LogP contribution in [-0.2, 0) is 19.1 Å². The molecular weight excluding hydrogens is 622 g/mol.